The van der Waals surface area contributed by atoms with E-state index in [2.05, 4.69) is 21.2 Å². The lowest BCUT2D eigenvalue weighted by molar-refractivity contribution is -0.113. The van der Waals surface area contributed by atoms with Crippen molar-refractivity contribution >= 4 is 39.3 Å². The van der Waals surface area contributed by atoms with Crippen LogP contribution in [0.25, 0.3) is 0 Å². The van der Waals surface area contributed by atoms with Gasteiger partial charge in [0.15, 0.2) is 0 Å². The molecule has 2 rings (SSSR count). The van der Waals surface area contributed by atoms with Crippen LogP contribution in [-0.2, 0) is 10.5 Å². The highest BCUT2D eigenvalue weighted by atomic mass is 79.9. The van der Waals surface area contributed by atoms with Gasteiger partial charge in [0.2, 0.25) is 5.91 Å². The van der Waals surface area contributed by atoms with Crippen LogP contribution in [0.15, 0.2) is 46.9 Å². The van der Waals surface area contributed by atoms with Crippen molar-refractivity contribution < 1.29 is 13.6 Å². The second kappa shape index (κ2) is 7.56. The Balaban J connectivity index is 1.83. The molecule has 0 aliphatic rings. The minimum absolute atomic E-state index is 0.129. The van der Waals surface area contributed by atoms with Crippen LogP contribution in [0.1, 0.15) is 5.56 Å². The van der Waals surface area contributed by atoms with Gasteiger partial charge < -0.3 is 5.32 Å². The molecule has 1 amide bonds. The number of rotatable bonds is 5. The van der Waals surface area contributed by atoms with Crippen LogP contribution >= 0.6 is 27.7 Å². The molecule has 0 saturated heterocycles. The first kappa shape index (κ1) is 16.0. The summed E-state index contributed by atoms with van der Waals surface area (Å²) < 4.78 is 27.6. The molecule has 0 aromatic heterocycles. The number of thioether (sulfide) groups is 1. The van der Waals surface area contributed by atoms with E-state index in [1.165, 1.54) is 30.0 Å². The summed E-state index contributed by atoms with van der Waals surface area (Å²) in [6, 6.07) is 10.8. The number of nitrogens with one attached hydrogen (secondary N) is 1. The summed E-state index contributed by atoms with van der Waals surface area (Å²) in [4.78, 5) is 11.7. The highest BCUT2D eigenvalue weighted by Crippen LogP contribution is 2.20. The second-order valence-corrected chi connectivity index (χ2v) is 6.16. The van der Waals surface area contributed by atoms with E-state index in [4.69, 9.17) is 0 Å². The molecule has 6 heteroatoms. The van der Waals surface area contributed by atoms with E-state index < -0.39 is 5.82 Å². The highest BCUT2D eigenvalue weighted by Gasteiger charge is 2.08. The fourth-order valence-corrected chi connectivity index (χ4v) is 2.79. The molecule has 0 unspecified atom stereocenters. The van der Waals surface area contributed by atoms with Gasteiger partial charge in [0, 0.05) is 10.2 Å². The molecule has 2 aromatic carbocycles. The van der Waals surface area contributed by atoms with Crippen molar-refractivity contribution in [3.8, 4) is 0 Å². The standard InChI is InChI=1S/C15H12BrF2NOS/c16-11-6-5-10(13(18)7-11)8-21-9-15(20)19-14-4-2-1-3-12(14)17/h1-7H,8-9H2,(H,19,20). The van der Waals surface area contributed by atoms with Gasteiger partial charge in [0.1, 0.15) is 11.6 Å². The fourth-order valence-electron chi connectivity index (χ4n) is 1.64. The summed E-state index contributed by atoms with van der Waals surface area (Å²) in [5, 5.41) is 2.48. The predicted octanol–water partition coefficient (Wildman–Crippen LogP) is 4.60. The minimum atomic E-state index is -0.477. The van der Waals surface area contributed by atoms with Gasteiger partial charge in [-0.15, -0.1) is 11.8 Å². The summed E-state index contributed by atoms with van der Waals surface area (Å²) in [5.74, 6) is -0.600. The van der Waals surface area contributed by atoms with Crippen molar-refractivity contribution in [2.24, 2.45) is 0 Å². The average Bonchev–Trinajstić information content (AvgIpc) is 2.44. The summed E-state index contributed by atoms with van der Waals surface area (Å²) >= 11 is 4.45. The molecule has 0 saturated carbocycles. The lowest BCUT2D eigenvalue weighted by Gasteiger charge is -2.06. The summed E-state index contributed by atoms with van der Waals surface area (Å²) in [7, 11) is 0. The van der Waals surface area contributed by atoms with Gasteiger partial charge in [0.25, 0.3) is 0 Å². The van der Waals surface area contributed by atoms with Gasteiger partial charge in [-0.2, -0.15) is 0 Å². The van der Waals surface area contributed by atoms with Gasteiger partial charge in [-0.1, -0.05) is 34.1 Å². The summed E-state index contributed by atoms with van der Waals surface area (Å²) in [6.45, 7) is 0. The van der Waals surface area contributed by atoms with Gasteiger partial charge >= 0.3 is 0 Å². The second-order valence-electron chi connectivity index (χ2n) is 4.26. The number of anilines is 1. The highest BCUT2D eigenvalue weighted by molar-refractivity contribution is 9.10. The quantitative estimate of drug-likeness (QED) is 0.831. The van der Waals surface area contributed by atoms with Crippen LogP contribution in [0.3, 0.4) is 0 Å². The Morgan fingerprint density at radius 1 is 1.14 bits per heavy atom. The van der Waals surface area contributed by atoms with E-state index in [0.717, 1.165) is 0 Å². The number of hydrogen-bond acceptors (Lipinski definition) is 2. The van der Waals surface area contributed by atoms with Gasteiger partial charge in [-0.05, 0) is 29.8 Å². The number of amides is 1. The van der Waals surface area contributed by atoms with Crippen molar-refractivity contribution in [3.63, 3.8) is 0 Å². The number of halogens is 3. The molecule has 0 fully saturated rings. The van der Waals surface area contributed by atoms with Gasteiger partial charge in [0.05, 0.1) is 11.4 Å². The molecule has 0 aliphatic carbocycles. The number of hydrogen-bond donors (Lipinski definition) is 1. The zero-order chi connectivity index (χ0) is 15.2. The number of carbonyl (C=O) groups is 1. The predicted molar refractivity (Wildman–Crippen MR) is 85.3 cm³/mol. The third kappa shape index (κ3) is 4.82. The van der Waals surface area contributed by atoms with E-state index in [1.54, 1.807) is 24.3 Å². The first-order chi connectivity index (χ1) is 10.1. The smallest absolute Gasteiger partial charge is 0.234 e. The molecular formula is C15H12BrF2NOS. The summed E-state index contributed by atoms with van der Waals surface area (Å²) in [5.41, 5.74) is 0.680. The topological polar surface area (TPSA) is 29.1 Å². The Morgan fingerprint density at radius 2 is 1.90 bits per heavy atom. The Kier molecular flexibility index (Phi) is 5.76. The Hall–Kier alpha value is -1.40. The first-order valence-corrected chi connectivity index (χ1v) is 8.07. The molecule has 1 N–H and O–H groups in total. The Bertz CT molecular complexity index is 651. The van der Waals surface area contributed by atoms with Crippen LogP contribution < -0.4 is 5.32 Å². The number of carbonyl (C=O) groups excluding carboxylic acids is 1. The third-order valence-corrected chi connectivity index (χ3v) is 4.13. The fraction of sp³-hybridized carbons (Fsp3) is 0.133. The first-order valence-electron chi connectivity index (χ1n) is 6.12. The molecule has 0 spiro atoms. The Labute approximate surface area is 134 Å². The zero-order valence-electron chi connectivity index (χ0n) is 10.9. The maximum atomic E-state index is 13.6. The maximum absolute atomic E-state index is 13.6. The van der Waals surface area contributed by atoms with Crippen molar-refractivity contribution in [1.82, 2.24) is 0 Å². The van der Waals surface area contributed by atoms with Gasteiger partial charge in [-0.3, -0.25) is 4.79 Å². The molecular weight excluding hydrogens is 360 g/mol. The van der Waals surface area contributed by atoms with E-state index in [1.807, 2.05) is 0 Å². The molecule has 0 aliphatic heterocycles. The van der Waals surface area contributed by atoms with E-state index >= 15 is 0 Å². The normalized spacial score (nSPS) is 10.4. The number of benzene rings is 2. The third-order valence-electron chi connectivity index (χ3n) is 2.65. The van der Waals surface area contributed by atoms with E-state index in [0.29, 0.717) is 15.8 Å². The lowest BCUT2D eigenvalue weighted by atomic mass is 10.2. The lowest BCUT2D eigenvalue weighted by Crippen LogP contribution is -2.15. The number of para-hydroxylation sites is 1. The maximum Gasteiger partial charge on any atom is 0.234 e. The monoisotopic (exact) mass is 371 g/mol. The van der Waals surface area contributed by atoms with Crippen LogP contribution in [0.4, 0.5) is 14.5 Å². The van der Waals surface area contributed by atoms with Crippen molar-refractivity contribution in [2.45, 2.75) is 5.75 Å². The van der Waals surface area contributed by atoms with Crippen LogP contribution in [0.5, 0.6) is 0 Å². The molecule has 0 bridgehead atoms. The van der Waals surface area contributed by atoms with Crippen LogP contribution in [0.2, 0.25) is 0 Å². The Morgan fingerprint density at radius 3 is 2.62 bits per heavy atom. The van der Waals surface area contributed by atoms with E-state index in [-0.39, 0.29) is 23.2 Å². The SMILES string of the molecule is O=C(CSCc1ccc(Br)cc1F)Nc1ccccc1F. The molecule has 0 atom stereocenters. The minimum Gasteiger partial charge on any atom is -0.323 e. The molecule has 0 radical (unpaired) electrons. The largest absolute Gasteiger partial charge is 0.323 e. The molecule has 21 heavy (non-hydrogen) atoms. The molecule has 110 valence electrons. The van der Waals surface area contributed by atoms with Crippen LogP contribution in [-0.4, -0.2) is 11.7 Å². The van der Waals surface area contributed by atoms with Crippen molar-refractivity contribution in [3.05, 3.63) is 64.1 Å². The van der Waals surface area contributed by atoms with Crippen LogP contribution in [0, 0.1) is 11.6 Å². The van der Waals surface area contributed by atoms with E-state index in [9.17, 15) is 13.6 Å². The molecule has 2 aromatic rings. The average molecular weight is 372 g/mol. The molecule has 2 nitrogen and oxygen atoms in total. The van der Waals surface area contributed by atoms with Crippen molar-refractivity contribution in [1.29, 1.82) is 0 Å². The molecule has 0 heterocycles. The summed E-state index contributed by atoms with van der Waals surface area (Å²) in [6.07, 6.45) is 0. The zero-order valence-corrected chi connectivity index (χ0v) is 13.3. The van der Waals surface area contributed by atoms with Gasteiger partial charge in [-0.25, -0.2) is 8.78 Å². The van der Waals surface area contributed by atoms with Crippen molar-refractivity contribution in [2.75, 3.05) is 11.1 Å².